The highest BCUT2D eigenvalue weighted by Crippen LogP contribution is 2.29. The highest BCUT2D eigenvalue weighted by molar-refractivity contribution is 8.00. The molecule has 1 N–H and O–H groups in total. The lowest BCUT2D eigenvalue weighted by Crippen LogP contribution is -2.17. The van der Waals surface area contributed by atoms with Crippen molar-refractivity contribution >= 4 is 45.9 Å². The van der Waals surface area contributed by atoms with Crippen LogP contribution in [0.25, 0.3) is 16.6 Å². The lowest BCUT2D eigenvalue weighted by molar-refractivity contribution is -0.113. The van der Waals surface area contributed by atoms with Crippen molar-refractivity contribution in [1.29, 1.82) is 0 Å². The Kier molecular flexibility index (Phi) is 5.71. The first-order valence-corrected chi connectivity index (χ1v) is 10.5. The molecule has 0 aliphatic rings. The van der Waals surface area contributed by atoms with Gasteiger partial charge in [-0.2, -0.15) is 0 Å². The fourth-order valence-electron chi connectivity index (χ4n) is 3.19. The second-order valence-corrected chi connectivity index (χ2v) is 7.38. The summed E-state index contributed by atoms with van der Waals surface area (Å²) in [5.74, 6) is 0.198. The molecular formula is C21H20N4O4S. The van der Waals surface area contributed by atoms with Crippen molar-refractivity contribution in [3.8, 4) is 0 Å². The molecular weight excluding hydrogens is 404 g/mol. The number of carbonyl (C=O) groups is 2. The molecule has 154 valence electrons. The Bertz CT molecular complexity index is 1230. The van der Waals surface area contributed by atoms with Crippen LogP contribution in [-0.4, -0.2) is 38.8 Å². The quantitative estimate of drug-likeness (QED) is 0.354. The van der Waals surface area contributed by atoms with E-state index >= 15 is 0 Å². The number of carbonyl (C=O) groups excluding carboxylic acids is 2. The minimum Gasteiger partial charge on any atom is -0.463 e. The molecule has 0 atom stereocenters. The van der Waals surface area contributed by atoms with Crippen LogP contribution in [-0.2, 0) is 16.0 Å². The molecule has 1 amide bonds. The maximum atomic E-state index is 12.5. The molecule has 0 fully saturated rings. The molecule has 9 heteroatoms. The number of anilines is 1. The Labute approximate surface area is 176 Å². The summed E-state index contributed by atoms with van der Waals surface area (Å²) in [6, 6.07) is 10.6. The average Bonchev–Trinajstić information content (AvgIpc) is 3.34. The number of para-hydroxylation sites is 1. The van der Waals surface area contributed by atoms with E-state index in [1.807, 2.05) is 23.5 Å². The van der Waals surface area contributed by atoms with Crippen LogP contribution in [0.15, 0.2) is 52.1 Å². The molecule has 3 aromatic heterocycles. The number of aryl methyl sites for hydroxylation is 1. The van der Waals surface area contributed by atoms with E-state index < -0.39 is 5.97 Å². The van der Waals surface area contributed by atoms with Gasteiger partial charge in [0.1, 0.15) is 10.9 Å². The number of nitrogens with zero attached hydrogens (tertiary/aromatic N) is 3. The van der Waals surface area contributed by atoms with Crippen molar-refractivity contribution in [2.45, 2.75) is 25.3 Å². The molecule has 0 bridgehead atoms. The van der Waals surface area contributed by atoms with E-state index in [1.165, 1.54) is 11.8 Å². The van der Waals surface area contributed by atoms with Crippen LogP contribution in [0.4, 0.5) is 5.69 Å². The van der Waals surface area contributed by atoms with Gasteiger partial charge in [-0.1, -0.05) is 30.8 Å². The standard InChI is InChI=1S/C21H20N4O4S/c1-3-18-23-24-20(16-11-17-15(25(16)18)9-10-29-17)30-12-19(26)22-14-8-6-5-7-13(14)21(27)28-4-2/h5-11H,3-4,12H2,1-2H3,(H,22,26). The summed E-state index contributed by atoms with van der Waals surface area (Å²) in [4.78, 5) is 24.6. The molecule has 0 aliphatic carbocycles. The van der Waals surface area contributed by atoms with E-state index in [9.17, 15) is 9.59 Å². The molecule has 0 saturated heterocycles. The van der Waals surface area contributed by atoms with Gasteiger partial charge in [-0.05, 0) is 19.1 Å². The zero-order chi connectivity index (χ0) is 21.1. The third-order valence-corrected chi connectivity index (χ3v) is 5.48. The van der Waals surface area contributed by atoms with E-state index in [0.717, 1.165) is 22.4 Å². The van der Waals surface area contributed by atoms with Crippen molar-refractivity contribution in [1.82, 2.24) is 14.6 Å². The second-order valence-electron chi connectivity index (χ2n) is 6.41. The van der Waals surface area contributed by atoms with Crippen molar-refractivity contribution in [3.63, 3.8) is 0 Å². The monoisotopic (exact) mass is 424 g/mol. The number of nitrogens with one attached hydrogen (secondary N) is 1. The minimum absolute atomic E-state index is 0.111. The first-order valence-electron chi connectivity index (χ1n) is 9.55. The van der Waals surface area contributed by atoms with Gasteiger partial charge in [-0.25, -0.2) is 4.79 Å². The molecule has 3 heterocycles. The van der Waals surface area contributed by atoms with Gasteiger partial charge in [0.25, 0.3) is 0 Å². The Morgan fingerprint density at radius 2 is 2.00 bits per heavy atom. The van der Waals surface area contributed by atoms with Crippen LogP contribution < -0.4 is 5.32 Å². The summed E-state index contributed by atoms with van der Waals surface area (Å²) in [6.45, 7) is 4.01. The van der Waals surface area contributed by atoms with Crippen molar-refractivity contribution in [2.24, 2.45) is 0 Å². The minimum atomic E-state index is -0.473. The highest BCUT2D eigenvalue weighted by atomic mass is 32.2. The van der Waals surface area contributed by atoms with E-state index in [0.29, 0.717) is 22.7 Å². The Morgan fingerprint density at radius 1 is 1.17 bits per heavy atom. The summed E-state index contributed by atoms with van der Waals surface area (Å²) in [5, 5.41) is 12.0. The molecule has 0 spiro atoms. The predicted molar refractivity (Wildman–Crippen MR) is 114 cm³/mol. The summed E-state index contributed by atoms with van der Waals surface area (Å²) in [6.07, 6.45) is 2.35. The maximum absolute atomic E-state index is 12.5. The number of esters is 1. The molecule has 0 radical (unpaired) electrons. The summed E-state index contributed by atoms with van der Waals surface area (Å²) in [5.41, 5.74) is 3.25. The fraction of sp³-hybridized carbons (Fsp3) is 0.238. The van der Waals surface area contributed by atoms with Crippen LogP contribution in [0.5, 0.6) is 0 Å². The third kappa shape index (κ3) is 3.76. The van der Waals surface area contributed by atoms with Crippen LogP contribution >= 0.6 is 11.8 Å². The lowest BCUT2D eigenvalue weighted by Gasteiger charge is -2.10. The normalized spacial score (nSPS) is 11.1. The number of aromatic nitrogens is 3. The van der Waals surface area contributed by atoms with Gasteiger partial charge in [0.2, 0.25) is 5.91 Å². The fourth-order valence-corrected chi connectivity index (χ4v) is 3.93. The van der Waals surface area contributed by atoms with Gasteiger partial charge in [0.05, 0.1) is 40.9 Å². The van der Waals surface area contributed by atoms with E-state index in [-0.39, 0.29) is 18.3 Å². The Hall–Kier alpha value is -3.33. The van der Waals surface area contributed by atoms with Gasteiger partial charge in [-0.3, -0.25) is 9.20 Å². The first kappa shape index (κ1) is 20.0. The molecule has 4 aromatic rings. The van der Waals surface area contributed by atoms with Gasteiger partial charge in [0, 0.05) is 18.6 Å². The average molecular weight is 424 g/mol. The number of thioether (sulfide) groups is 1. The Balaban J connectivity index is 1.53. The largest absolute Gasteiger partial charge is 0.463 e. The molecule has 8 nitrogen and oxygen atoms in total. The van der Waals surface area contributed by atoms with Crippen LogP contribution in [0, 0.1) is 0 Å². The predicted octanol–water partition coefficient (Wildman–Crippen LogP) is 3.95. The smallest absolute Gasteiger partial charge is 0.340 e. The molecule has 1 aromatic carbocycles. The van der Waals surface area contributed by atoms with Crippen molar-refractivity contribution < 1.29 is 18.7 Å². The van der Waals surface area contributed by atoms with Crippen molar-refractivity contribution in [3.05, 3.63) is 54.0 Å². The van der Waals surface area contributed by atoms with Crippen molar-refractivity contribution in [2.75, 3.05) is 17.7 Å². The number of furan rings is 1. The zero-order valence-electron chi connectivity index (χ0n) is 16.5. The molecule has 0 unspecified atom stereocenters. The third-order valence-electron chi connectivity index (χ3n) is 4.51. The zero-order valence-corrected chi connectivity index (χ0v) is 17.4. The Morgan fingerprint density at radius 3 is 2.80 bits per heavy atom. The number of ether oxygens (including phenoxy) is 1. The number of fused-ring (bicyclic) bond motifs is 3. The molecule has 4 rings (SSSR count). The number of hydrogen-bond donors (Lipinski definition) is 1. The molecule has 0 saturated carbocycles. The second kappa shape index (κ2) is 8.58. The van der Waals surface area contributed by atoms with Crippen LogP contribution in [0.2, 0.25) is 0 Å². The van der Waals surface area contributed by atoms with E-state index in [2.05, 4.69) is 15.5 Å². The number of amides is 1. The topological polar surface area (TPSA) is 98.7 Å². The number of rotatable bonds is 7. The molecule has 30 heavy (non-hydrogen) atoms. The summed E-state index contributed by atoms with van der Waals surface area (Å²) < 4.78 is 12.6. The van der Waals surface area contributed by atoms with Gasteiger partial charge in [-0.15, -0.1) is 10.2 Å². The van der Waals surface area contributed by atoms with Crippen LogP contribution in [0.1, 0.15) is 30.0 Å². The highest BCUT2D eigenvalue weighted by Gasteiger charge is 2.17. The van der Waals surface area contributed by atoms with Gasteiger partial charge in [0.15, 0.2) is 5.58 Å². The summed E-state index contributed by atoms with van der Waals surface area (Å²) in [7, 11) is 0. The molecule has 0 aliphatic heterocycles. The van der Waals surface area contributed by atoms with Gasteiger partial charge >= 0.3 is 5.97 Å². The van der Waals surface area contributed by atoms with Gasteiger partial charge < -0.3 is 14.5 Å². The van der Waals surface area contributed by atoms with E-state index in [4.69, 9.17) is 9.15 Å². The SMILES string of the molecule is CCOC(=O)c1ccccc1NC(=O)CSc1nnc(CC)n2c1cc1occc12. The lowest BCUT2D eigenvalue weighted by atomic mass is 10.2. The van der Waals surface area contributed by atoms with Crippen LogP contribution in [0.3, 0.4) is 0 Å². The number of hydrogen-bond acceptors (Lipinski definition) is 7. The van der Waals surface area contributed by atoms with E-state index in [1.54, 1.807) is 37.5 Å². The first-order chi connectivity index (χ1) is 14.6. The number of benzene rings is 1. The summed E-state index contributed by atoms with van der Waals surface area (Å²) >= 11 is 1.28. The maximum Gasteiger partial charge on any atom is 0.340 e.